The Morgan fingerprint density at radius 2 is 2.25 bits per heavy atom. The van der Waals surface area contributed by atoms with Crippen molar-refractivity contribution in [3.8, 4) is 0 Å². The van der Waals surface area contributed by atoms with E-state index in [2.05, 4.69) is 14.5 Å². The minimum Gasteiger partial charge on any atom is -0.334 e. The van der Waals surface area contributed by atoms with Gasteiger partial charge in [-0.2, -0.15) is 9.47 Å². The summed E-state index contributed by atoms with van der Waals surface area (Å²) in [6.07, 6.45) is 7.60. The summed E-state index contributed by atoms with van der Waals surface area (Å²) in [6.45, 7) is 5.52. The smallest absolute Gasteiger partial charge is 0.255 e. The molecule has 6 nitrogen and oxygen atoms in total. The van der Waals surface area contributed by atoms with Crippen LogP contribution in [0, 0.1) is 13.8 Å². The van der Waals surface area contributed by atoms with Gasteiger partial charge >= 0.3 is 0 Å². The van der Waals surface area contributed by atoms with Crippen LogP contribution in [0.1, 0.15) is 34.5 Å². The minimum absolute atomic E-state index is 0.0568. The fraction of sp³-hybridized carbons (Fsp3) is 0.412. The molecule has 3 aromatic rings. The predicted molar refractivity (Wildman–Crippen MR) is 93.2 cm³/mol. The highest BCUT2D eigenvalue weighted by molar-refractivity contribution is 7.12. The monoisotopic (exact) mass is 341 g/mol. The molecule has 1 unspecified atom stereocenters. The maximum atomic E-state index is 13.0. The van der Waals surface area contributed by atoms with Crippen LogP contribution in [0.5, 0.6) is 0 Å². The lowest BCUT2D eigenvalue weighted by atomic mass is 10.1. The van der Waals surface area contributed by atoms with Crippen LogP contribution >= 0.6 is 11.5 Å². The van der Waals surface area contributed by atoms with Crippen LogP contribution in [0.15, 0.2) is 24.7 Å². The highest BCUT2D eigenvalue weighted by Gasteiger charge is 2.30. The SMILES string of the molecule is Cc1cnn(CC2CCCN2C(=O)c2cnc3snc(C)c3c2)c1. The third-order valence-corrected chi connectivity index (χ3v) is 5.42. The molecule has 0 N–H and O–H groups in total. The number of nitrogens with zero attached hydrogens (tertiary/aromatic N) is 5. The predicted octanol–water partition coefficient (Wildman–Crippen LogP) is 2.81. The van der Waals surface area contributed by atoms with Gasteiger partial charge in [0.2, 0.25) is 0 Å². The molecule has 24 heavy (non-hydrogen) atoms. The molecule has 4 rings (SSSR count). The quantitative estimate of drug-likeness (QED) is 0.735. The van der Waals surface area contributed by atoms with Crippen LogP contribution in [0.3, 0.4) is 0 Å². The Balaban J connectivity index is 1.58. The Labute approximate surface area is 144 Å². The van der Waals surface area contributed by atoms with Crippen molar-refractivity contribution in [1.82, 2.24) is 24.0 Å². The summed E-state index contributed by atoms with van der Waals surface area (Å²) in [7, 11) is 0. The second-order valence-corrected chi connectivity index (χ2v) is 7.13. The van der Waals surface area contributed by atoms with E-state index in [1.807, 2.05) is 41.9 Å². The minimum atomic E-state index is 0.0568. The first kappa shape index (κ1) is 15.3. The Morgan fingerprint density at radius 1 is 1.38 bits per heavy atom. The molecule has 0 spiro atoms. The average molecular weight is 341 g/mol. The Kier molecular flexibility index (Phi) is 3.80. The van der Waals surface area contributed by atoms with Crippen LogP contribution in [-0.4, -0.2) is 42.5 Å². The zero-order chi connectivity index (χ0) is 16.7. The standard InChI is InChI=1S/C17H19N5OS/c1-11-7-19-21(9-11)10-14-4-3-5-22(14)17(23)13-6-15-12(2)20-24-16(15)18-8-13/h6-9,14H,3-5,10H2,1-2H3. The molecule has 124 valence electrons. The van der Waals surface area contributed by atoms with Gasteiger partial charge in [0.05, 0.1) is 30.0 Å². The number of amides is 1. The summed E-state index contributed by atoms with van der Waals surface area (Å²) in [6, 6.07) is 2.12. The number of rotatable bonds is 3. The molecule has 7 heteroatoms. The molecular formula is C17H19N5OS. The number of likely N-dealkylation sites (tertiary alicyclic amines) is 1. The van der Waals surface area contributed by atoms with Gasteiger partial charge < -0.3 is 4.90 Å². The second kappa shape index (κ2) is 5.98. The fourth-order valence-corrected chi connectivity index (χ4v) is 4.03. The van der Waals surface area contributed by atoms with E-state index < -0.39 is 0 Å². The average Bonchev–Trinajstić information content (AvgIpc) is 3.29. The van der Waals surface area contributed by atoms with E-state index >= 15 is 0 Å². The highest BCUT2D eigenvalue weighted by Crippen LogP contribution is 2.25. The molecule has 1 aliphatic heterocycles. The van der Waals surface area contributed by atoms with Gasteiger partial charge in [0, 0.05) is 24.3 Å². The van der Waals surface area contributed by atoms with Gasteiger partial charge in [-0.1, -0.05) is 0 Å². The van der Waals surface area contributed by atoms with E-state index in [1.54, 1.807) is 6.20 Å². The van der Waals surface area contributed by atoms with Crippen molar-refractivity contribution < 1.29 is 4.79 Å². The van der Waals surface area contributed by atoms with E-state index in [1.165, 1.54) is 11.5 Å². The van der Waals surface area contributed by atoms with Crippen LogP contribution in [-0.2, 0) is 6.54 Å². The number of aromatic nitrogens is 4. The van der Waals surface area contributed by atoms with E-state index in [0.29, 0.717) is 5.56 Å². The summed E-state index contributed by atoms with van der Waals surface area (Å²) >= 11 is 1.37. The molecule has 1 fully saturated rings. The number of pyridine rings is 1. The largest absolute Gasteiger partial charge is 0.334 e. The van der Waals surface area contributed by atoms with Crippen LogP contribution in [0.4, 0.5) is 0 Å². The first-order valence-electron chi connectivity index (χ1n) is 8.14. The van der Waals surface area contributed by atoms with E-state index in [0.717, 1.165) is 47.4 Å². The van der Waals surface area contributed by atoms with Crippen LogP contribution < -0.4 is 0 Å². The van der Waals surface area contributed by atoms with Gasteiger partial charge in [0.1, 0.15) is 4.83 Å². The van der Waals surface area contributed by atoms with E-state index in [4.69, 9.17) is 0 Å². The molecule has 1 amide bonds. The van der Waals surface area contributed by atoms with Crippen LogP contribution in [0.2, 0.25) is 0 Å². The van der Waals surface area contributed by atoms with Crippen molar-refractivity contribution in [3.63, 3.8) is 0 Å². The number of fused-ring (bicyclic) bond motifs is 1. The lowest BCUT2D eigenvalue weighted by molar-refractivity contribution is 0.0721. The van der Waals surface area contributed by atoms with Gasteiger partial charge in [-0.15, -0.1) is 0 Å². The fourth-order valence-electron chi connectivity index (χ4n) is 3.30. The molecule has 1 atom stereocenters. The Hall–Kier alpha value is -2.28. The van der Waals surface area contributed by atoms with Crippen molar-refractivity contribution >= 4 is 27.7 Å². The van der Waals surface area contributed by atoms with Gasteiger partial charge in [0.15, 0.2) is 0 Å². The molecule has 0 radical (unpaired) electrons. The van der Waals surface area contributed by atoms with Crippen molar-refractivity contribution in [2.45, 2.75) is 39.3 Å². The molecule has 1 saturated heterocycles. The van der Waals surface area contributed by atoms with Crippen molar-refractivity contribution in [2.75, 3.05) is 6.54 Å². The first-order chi connectivity index (χ1) is 11.6. The molecule has 3 aromatic heterocycles. The molecule has 0 aliphatic carbocycles. The number of hydrogen-bond donors (Lipinski definition) is 0. The summed E-state index contributed by atoms with van der Waals surface area (Å²) in [5.74, 6) is 0.0568. The van der Waals surface area contributed by atoms with Gasteiger partial charge in [-0.3, -0.25) is 9.48 Å². The number of carbonyl (C=O) groups excluding carboxylic acids is 1. The van der Waals surface area contributed by atoms with Crippen LogP contribution in [0.25, 0.3) is 10.2 Å². The van der Waals surface area contributed by atoms with Gasteiger partial charge in [-0.25, -0.2) is 4.98 Å². The first-order valence-corrected chi connectivity index (χ1v) is 8.91. The zero-order valence-electron chi connectivity index (χ0n) is 13.8. The normalized spacial score (nSPS) is 17.8. The van der Waals surface area contributed by atoms with Crippen molar-refractivity contribution in [1.29, 1.82) is 0 Å². The number of aryl methyl sites for hydroxylation is 2. The van der Waals surface area contributed by atoms with E-state index in [-0.39, 0.29) is 11.9 Å². The molecule has 1 aliphatic rings. The maximum Gasteiger partial charge on any atom is 0.255 e. The molecule has 0 saturated carbocycles. The third kappa shape index (κ3) is 2.69. The molecule has 0 bridgehead atoms. The lowest BCUT2D eigenvalue weighted by Crippen LogP contribution is -2.38. The molecular weight excluding hydrogens is 322 g/mol. The van der Waals surface area contributed by atoms with Crippen molar-refractivity contribution in [2.24, 2.45) is 0 Å². The van der Waals surface area contributed by atoms with Crippen molar-refractivity contribution in [3.05, 3.63) is 41.5 Å². The van der Waals surface area contributed by atoms with E-state index in [9.17, 15) is 4.79 Å². The Morgan fingerprint density at radius 3 is 3.04 bits per heavy atom. The number of carbonyl (C=O) groups is 1. The summed E-state index contributed by atoms with van der Waals surface area (Å²) in [5.41, 5.74) is 2.72. The van der Waals surface area contributed by atoms with Gasteiger partial charge in [-0.05, 0) is 49.9 Å². The van der Waals surface area contributed by atoms with Gasteiger partial charge in [0.25, 0.3) is 5.91 Å². The topological polar surface area (TPSA) is 63.9 Å². The highest BCUT2D eigenvalue weighted by atomic mass is 32.1. The zero-order valence-corrected chi connectivity index (χ0v) is 14.6. The number of hydrogen-bond acceptors (Lipinski definition) is 5. The molecule has 0 aromatic carbocycles. The Bertz CT molecular complexity index is 899. The maximum absolute atomic E-state index is 13.0. The third-order valence-electron chi connectivity index (χ3n) is 4.56. The second-order valence-electron chi connectivity index (χ2n) is 6.38. The summed E-state index contributed by atoms with van der Waals surface area (Å²) < 4.78 is 6.24. The summed E-state index contributed by atoms with van der Waals surface area (Å²) in [5, 5.41) is 5.33. The lowest BCUT2D eigenvalue weighted by Gasteiger charge is -2.24. The molecule has 4 heterocycles. The summed E-state index contributed by atoms with van der Waals surface area (Å²) in [4.78, 5) is 20.2.